The number of hydrogen-bond donors (Lipinski definition) is 3. The molecule has 1 amide bonds. The maximum Gasteiger partial charge on any atom is 0.220 e. The lowest BCUT2D eigenvalue weighted by Crippen LogP contribution is -2.58. The number of rotatable bonds is 6. The molecule has 2 rings (SSSR count). The standard InChI is InChI=1S/C20H32N2O2/c1-19(2)12-16(13-20(3,4)22-19)11-18(24)21-14-17(23)10-15-8-6-5-7-9-15/h5-9,16-17,22-23H,10-14H2,1-4H3,(H,21,24)/t17-/m0/s1. The molecule has 0 spiro atoms. The van der Waals surface area contributed by atoms with Crippen LogP contribution in [0.2, 0.25) is 0 Å². The van der Waals surface area contributed by atoms with Crippen LogP contribution in [0.4, 0.5) is 0 Å². The van der Waals surface area contributed by atoms with Crippen LogP contribution in [0.1, 0.15) is 52.5 Å². The number of amides is 1. The molecule has 1 saturated heterocycles. The summed E-state index contributed by atoms with van der Waals surface area (Å²) in [5, 5.41) is 16.6. The highest BCUT2D eigenvalue weighted by Gasteiger charge is 2.38. The summed E-state index contributed by atoms with van der Waals surface area (Å²) in [6.45, 7) is 9.10. The van der Waals surface area contributed by atoms with Crippen molar-refractivity contribution in [1.82, 2.24) is 10.6 Å². The number of nitrogens with one attached hydrogen (secondary N) is 2. The summed E-state index contributed by atoms with van der Waals surface area (Å²) in [4.78, 5) is 12.2. The Kier molecular flexibility index (Phi) is 6.05. The minimum Gasteiger partial charge on any atom is -0.391 e. The average Bonchev–Trinajstić information content (AvgIpc) is 2.42. The normalized spacial score (nSPS) is 21.2. The Hall–Kier alpha value is -1.39. The summed E-state index contributed by atoms with van der Waals surface area (Å²) >= 11 is 0. The summed E-state index contributed by atoms with van der Waals surface area (Å²) in [5.41, 5.74) is 1.19. The zero-order valence-corrected chi connectivity index (χ0v) is 15.4. The second-order valence-electron chi connectivity index (χ2n) is 8.52. The van der Waals surface area contributed by atoms with Crippen molar-refractivity contribution in [3.8, 4) is 0 Å². The first kappa shape index (κ1) is 18.9. The van der Waals surface area contributed by atoms with Crippen molar-refractivity contribution in [2.24, 2.45) is 5.92 Å². The fraction of sp³-hybridized carbons (Fsp3) is 0.650. The summed E-state index contributed by atoms with van der Waals surface area (Å²) in [7, 11) is 0. The van der Waals surface area contributed by atoms with Gasteiger partial charge >= 0.3 is 0 Å². The molecular weight excluding hydrogens is 300 g/mol. The lowest BCUT2D eigenvalue weighted by molar-refractivity contribution is -0.123. The number of hydrogen-bond acceptors (Lipinski definition) is 3. The largest absolute Gasteiger partial charge is 0.391 e. The van der Waals surface area contributed by atoms with E-state index >= 15 is 0 Å². The van der Waals surface area contributed by atoms with Crippen LogP contribution in [0.25, 0.3) is 0 Å². The van der Waals surface area contributed by atoms with Gasteiger partial charge in [-0.15, -0.1) is 0 Å². The first-order chi connectivity index (χ1) is 11.2. The van der Waals surface area contributed by atoms with Crippen molar-refractivity contribution < 1.29 is 9.90 Å². The van der Waals surface area contributed by atoms with Crippen LogP contribution in [0.5, 0.6) is 0 Å². The van der Waals surface area contributed by atoms with Gasteiger partial charge in [-0.2, -0.15) is 0 Å². The van der Waals surface area contributed by atoms with E-state index in [1.807, 2.05) is 30.3 Å². The molecule has 0 saturated carbocycles. The van der Waals surface area contributed by atoms with Crippen LogP contribution in [-0.2, 0) is 11.2 Å². The smallest absolute Gasteiger partial charge is 0.220 e. The quantitative estimate of drug-likeness (QED) is 0.750. The zero-order valence-electron chi connectivity index (χ0n) is 15.4. The maximum absolute atomic E-state index is 12.2. The van der Waals surface area contributed by atoms with Gasteiger partial charge in [-0.3, -0.25) is 4.79 Å². The molecule has 0 aromatic heterocycles. The van der Waals surface area contributed by atoms with Gasteiger partial charge in [0.15, 0.2) is 0 Å². The molecule has 1 aliphatic heterocycles. The van der Waals surface area contributed by atoms with Gasteiger partial charge in [0, 0.05) is 30.5 Å². The molecule has 0 bridgehead atoms. The van der Waals surface area contributed by atoms with E-state index in [4.69, 9.17) is 0 Å². The molecule has 1 atom stereocenters. The highest BCUT2D eigenvalue weighted by atomic mass is 16.3. The predicted molar refractivity (Wildman–Crippen MR) is 97.8 cm³/mol. The minimum absolute atomic E-state index is 0.0422. The van der Waals surface area contributed by atoms with Crippen molar-refractivity contribution in [2.75, 3.05) is 6.54 Å². The van der Waals surface area contributed by atoms with Gasteiger partial charge in [0.2, 0.25) is 5.91 Å². The van der Waals surface area contributed by atoms with Gasteiger partial charge in [0.1, 0.15) is 0 Å². The molecular formula is C20H32N2O2. The van der Waals surface area contributed by atoms with E-state index in [1.165, 1.54) is 0 Å². The van der Waals surface area contributed by atoms with E-state index in [0.717, 1.165) is 18.4 Å². The van der Waals surface area contributed by atoms with E-state index in [2.05, 4.69) is 38.3 Å². The van der Waals surface area contributed by atoms with Crippen molar-refractivity contribution in [2.45, 2.75) is 70.6 Å². The van der Waals surface area contributed by atoms with Gasteiger partial charge in [-0.25, -0.2) is 0 Å². The van der Waals surface area contributed by atoms with Crippen LogP contribution in [0.15, 0.2) is 30.3 Å². The molecule has 1 aliphatic rings. The Labute approximate surface area is 146 Å². The highest BCUT2D eigenvalue weighted by Crippen LogP contribution is 2.34. The molecule has 1 fully saturated rings. The van der Waals surface area contributed by atoms with Crippen molar-refractivity contribution in [1.29, 1.82) is 0 Å². The molecule has 0 radical (unpaired) electrons. The third-order valence-corrected chi connectivity index (χ3v) is 4.60. The lowest BCUT2D eigenvalue weighted by atomic mass is 9.74. The first-order valence-corrected chi connectivity index (χ1v) is 8.93. The minimum atomic E-state index is -0.544. The molecule has 1 aromatic carbocycles. The van der Waals surface area contributed by atoms with E-state index in [-0.39, 0.29) is 17.0 Å². The third kappa shape index (κ3) is 6.25. The van der Waals surface area contributed by atoms with Gasteiger partial charge in [-0.1, -0.05) is 30.3 Å². The summed E-state index contributed by atoms with van der Waals surface area (Å²) in [6.07, 6.45) is 2.55. The second kappa shape index (κ2) is 7.66. The van der Waals surface area contributed by atoms with Crippen LogP contribution in [0.3, 0.4) is 0 Å². The Morgan fingerprint density at radius 3 is 2.38 bits per heavy atom. The summed E-state index contributed by atoms with van der Waals surface area (Å²) in [6, 6.07) is 9.86. The number of aliphatic hydroxyl groups excluding tert-OH is 1. The monoisotopic (exact) mass is 332 g/mol. The van der Waals surface area contributed by atoms with E-state index in [9.17, 15) is 9.90 Å². The Morgan fingerprint density at radius 2 is 1.79 bits per heavy atom. The number of aliphatic hydroxyl groups is 1. The zero-order chi connectivity index (χ0) is 17.8. The van der Waals surface area contributed by atoms with Crippen LogP contribution < -0.4 is 10.6 Å². The first-order valence-electron chi connectivity index (χ1n) is 8.93. The average molecular weight is 332 g/mol. The van der Waals surface area contributed by atoms with E-state index in [0.29, 0.717) is 25.3 Å². The fourth-order valence-electron chi connectivity index (χ4n) is 4.20. The maximum atomic E-state index is 12.2. The number of benzene rings is 1. The fourth-order valence-corrected chi connectivity index (χ4v) is 4.20. The van der Waals surface area contributed by atoms with Gasteiger partial charge in [0.05, 0.1) is 6.10 Å². The molecule has 4 heteroatoms. The molecule has 4 nitrogen and oxygen atoms in total. The number of piperidine rings is 1. The predicted octanol–water partition coefficient (Wildman–Crippen LogP) is 2.65. The highest BCUT2D eigenvalue weighted by molar-refractivity contribution is 5.76. The molecule has 24 heavy (non-hydrogen) atoms. The van der Waals surface area contributed by atoms with E-state index < -0.39 is 6.10 Å². The number of carbonyl (C=O) groups is 1. The van der Waals surface area contributed by atoms with Gasteiger partial charge < -0.3 is 15.7 Å². The summed E-state index contributed by atoms with van der Waals surface area (Å²) in [5.74, 6) is 0.420. The van der Waals surface area contributed by atoms with E-state index in [1.54, 1.807) is 0 Å². The molecule has 0 aliphatic carbocycles. The summed E-state index contributed by atoms with van der Waals surface area (Å²) < 4.78 is 0. The van der Waals surface area contributed by atoms with Crippen molar-refractivity contribution in [3.05, 3.63) is 35.9 Å². The molecule has 0 unspecified atom stereocenters. The van der Waals surface area contributed by atoms with Crippen LogP contribution >= 0.6 is 0 Å². The molecule has 3 N–H and O–H groups in total. The number of carbonyl (C=O) groups excluding carboxylic acids is 1. The van der Waals surface area contributed by atoms with Crippen LogP contribution in [0, 0.1) is 5.92 Å². The molecule has 134 valence electrons. The SMILES string of the molecule is CC1(C)CC(CC(=O)NC[C@@H](O)Cc2ccccc2)CC(C)(C)N1. The van der Waals surface area contributed by atoms with Gasteiger partial charge in [-0.05, 0) is 52.0 Å². The Balaban J connectivity index is 1.76. The van der Waals surface area contributed by atoms with Crippen molar-refractivity contribution >= 4 is 5.91 Å². The topological polar surface area (TPSA) is 61.4 Å². The Bertz CT molecular complexity index is 524. The molecule has 1 aromatic rings. The lowest BCUT2D eigenvalue weighted by Gasteiger charge is -2.46. The second-order valence-corrected chi connectivity index (χ2v) is 8.52. The Morgan fingerprint density at radius 1 is 1.21 bits per heavy atom. The van der Waals surface area contributed by atoms with Crippen molar-refractivity contribution in [3.63, 3.8) is 0 Å². The van der Waals surface area contributed by atoms with Gasteiger partial charge in [0.25, 0.3) is 0 Å². The molecule has 1 heterocycles. The van der Waals surface area contributed by atoms with Crippen LogP contribution in [-0.4, -0.2) is 34.7 Å². The third-order valence-electron chi connectivity index (χ3n) is 4.60.